The Bertz CT molecular complexity index is 653. The van der Waals surface area contributed by atoms with Crippen molar-refractivity contribution in [2.24, 2.45) is 0 Å². The third kappa shape index (κ3) is 2.60. The second-order valence-corrected chi connectivity index (χ2v) is 6.87. The SMILES string of the molecule is Nc1ccc(Br)cc1C(=O)NC1CCCc2sccc21. The second-order valence-electron chi connectivity index (χ2n) is 4.95. The number of carbonyl (C=O) groups excluding carboxylic acids is 1. The summed E-state index contributed by atoms with van der Waals surface area (Å²) >= 11 is 5.15. The summed E-state index contributed by atoms with van der Waals surface area (Å²) in [6.07, 6.45) is 3.23. The maximum absolute atomic E-state index is 12.4. The summed E-state index contributed by atoms with van der Waals surface area (Å²) in [6, 6.07) is 7.58. The topological polar surface area (TPSA) is 55.1 Å². The fourth-order valence-electron chi connectivity index (χ4n) is 2.60. The lowest BCUT2D eigenvalue weighted by Gasteiger charge is -2.24. The molecule has 3 nitrogen and oxygen atoms in total. The molecule has 1 aromatic carbocycles. The van der Waals surface area contributed by atoms with E-state index < -0.39 is 0 Å². The van der Waals surface area contributed by atoms with Gasteiger partial charge >= 0.3 is 0 Å². The molecule has 1 unspecified atom stereocenters. The summed E-state index contributed by atoms with van der Waals surface area (Å²) < 4.78 is 0.858. The Morgan fingerprint density at radius 1 is 1.40 bits per heavy atom. The van der Waals surface area contributed by atoms with Gasteiger partial charge in [0.2, 0.25) is 0 Å². The van der Waals surface area contributed by atoms with Crippen LogP contribution in [0.25, 0.3) is 0 Å². The molecule has 2 aromatic rings. The van der Waals surface area contributed by atoms with E-state index in [9.17, 15) is 4.79 Å². The first-order valence-electron chi connectivity index (χ1n) is 6.57. The number of rotatable bonds is 2. The van der Waals surface area contributed by atoms with E-state index >= 15 is 0 Å². The van der Waals surface area contributed by atoms with Gasteiger partial charge < -0.3 is 11.1 Å². The molecule has 20 heavy (non-hydrogen) atoms. The number of nitrogens with two attached hydrogens (primary N) is 1. The lowest BCUT2D eigenvalue weighted by atomic mass is 9.94. The monoisotopic (exact) mass is 350 g/mol. The average Bonchev–Trinajstić information content (AvgIpc) is 2.91. The van der Waals surface area contributed by atoms with Crippen molar-refractivity contribution in [1.29, 1.82) is 0 Å². The lowest BCUT2D eigenvalue weighted by molar-refractivity contribution is 0.0934. The summed E-state index contributed by atoms with van der Waals surface area (Å²) in [5, 5.41) is 5.21. The molecule has 1 aromatic heterocycles. The highest BCUT2D eigenvalue weighted by Gasteiger charge is 2.23. The van der Waals surface area contributed by atoms with Gasteiger partial charge in [-0.05, 0) is 54.5 Å². The molecular weight excluding hydrogens is 336 g/mol. The maximum Gasteiger partial charge on any atom is 0.253 e. The van der Waals surface area contributed by atoms with Crippen molar-refractivity contribution in [2.45, 2.75) is 25.3 Å². The number of hydrogen-bond donors (Lipinski definition) is 2. The molecule has 104 valence electrons. The molecule has 3 rings (SSSR count). The first-order valence-corrected chi connectivity index (χ1v) is 8.24. The molecule has 1 amide bonds. The van der Waals surface area contributed by atoms with Crippen molar-refractivity contribution >= 4 is 38.9 Å². The Morgan fingerprint density at radius 3 is 3.10 bits per heavy atom. The lowest BCUT2D eigenvalue weighted by Crippen LogP contribution is -2.30. The minimum absolute atomic E-state index is 0.104. The number of halogens is 1. The van der Waals surface area contributed by atoms with Crippen LogP contribution in [0.5, 0.6) is 0 Å². The second kappa shape index (κ2) is 5.58. The molecule has 0 radical (unpaired) electrons. The van der Waals surface area contributed by atoms with E-state index in [1.807, 2.05) is 6.07 Å². The highest BCUT2D eigenvalue weighted by molar-refractivity contribution is 9.10. The number of nitrogens with one attached hydrogen (secondary N) is 1. The summed E-state index contributed by atoms with van der Waals surface area (Å²) in [5.74, 6) is -0.104. The van der Waals surface area contributed by atoms with E-state index in [0.29, 0.717) is 11.3 Å². The van der Waals surface area contributed by atoms with Crippen molar-refractivity contribution < 1.29 is 4.79 Å². The van der Waals surface area contributed by atoms with Crippen LogP contribution in [0.2, 0.25) is 0 Å². The minimum atomic E-state index is -0.104. The molecule has 0 aliphatic heterocycles. The van der Waals surface area contributed by atoms with Gasteiger partial charge in [-0.15, -0.1) is 11.3 Å². The molecule has 1 aliphatic carbocycles. The number of carbonyl (C=O) groups is 1. The normalized spacial score (nSPS) is 17.6. The zero-order valence-electron chi connectivity index (χ0n) is 10.9. The van der Waals surface area contributed by atoms with Gasteiger partial charge in [0.25, 0.3) is 5.91 Å². The number of fused-ring (bicyclic) bond motifs is 1. The summed E-state index contributed by atoms with van der Waals surface area (Å²) in [4.78, 5) is 13.8. The van der Waals surface area contributed by atoms with Gasteiger partial charge in [0.05, 0.1) is 11.6 Å². The molecule has 0 bridgehead atoms. The molecule has 0 fully saturated rings. The fraction of sp³-hybridized carbons (Fsp3) is 0.267. The van der Waals surface area contributed by atoms with Crippen LogP contribution >= 0.6 is 27.3 Å². The Balaban J connectivity index is 1.82. The number of nitrogen functional groups attached to an aromatic ring is 1. The molecular formula is C15H15BrN2OS. The Morgan fingerprint density at radius 2 is 2.25 bits per heavy atom. The zero-order valence-corrected chi connectivity index (χ0v) is 13.3. The van der Waals surface area contributed by atoms with Crippen LogP contribution < -0.4 is 11.1 Å². The quantitative estimate of drug-likeness (QED) is 0.807. The number of benzene rings is 1. The maximum atomic E-state index is 12.4. The summed E-state index contributed by atoms with van der Waals surface area (Å²) in [5.41, 5.74) is 8.19. The van der Waals surface area contributed by atoms with Crippen molar-refractivity contribution in [3.8, 4) is 0 Å². The van der Waals surface area contributed by atoms with Crippen molar-refractivity contribution in [3.05, 3.63) is 50.1 Å². The predicted molar refractivity (Wildman–Crippen MR) is 86.0 cm³/mol. The number of anilines is 1. The van der Waals surface area contributed by atoms with Crippen LogP contribution in [0.1, 0.15) is 39.7 Å². The van der Waals surface area contributed by atoms with Crippen molar-refractivity contribution in [1.82, 2.24) is 5.32 Å². The van der Waals surface area contributed by atoms with E-state index in [0.717, 1.165) is 23.7 Å². The Kier molecular flexibility index (Phi) is 3.81. The van der Waals surface area contributed by atoms with Crippen LogP contribution in [-0.4, -0.2) is 5.91 Å². The van der Waals surface area contributed by atoms with Gasteiger partial charge in [0.15, 0.2) is 0 Å². The van der Waals surface area contributed by atoms with Gasteiger partial charge in [0, 0.05) is 15.0 Å². The molecule has 0 spiro atoms. The number of amides is 1. The largest absolute Gasteiger partial charge is 0.398 e. The third-order valence-electron chi connectivity index (χ3n) is 3.62. The van der Waals surface area contributed by atoms with E-state index in [1.165, 1.54) is 10.4 Å². The molecule has 3 N–H and O–H groups in total. The van der Waals surface area contributed by atoms with E-state index in [-0.39, 0.29) is 11.9 Å². The van der Waals surface area contributed by atoms with Gasteiger partial charge in [0.1, 0.15) is 0 Å². The molecule has 1 aliphatic rings. The molecule has 0 saturated carbocycles. The van der Waals surface area contributed by atoms with Crippen LogP contribution in [0.4, 0.5) is 5.69 Å². The first-order chi connectivity index (χ1) is 9.65. The molecule has 1 atom stereocenters. The first kappa shape index (κ1) is 13.6. The average molecular weight is 351 g/mol. The number of thiophene rings is 1. The molecule has 1 heterocycles. The fourth-order valence-corrected chi connectivity index (χ4v) is 3.95. The third-order valence-corrected chi connectivity index (χ3v) is 5.11. The van der Waals surface area contributed by atoms with Gasteiger partial charge in [-0.25, -0.2) is 0 Å². The van der Waals surface area contributed by atoms with Crippen LogP contribution in [0.15, 0.2) is 34.1 Å². The summed E-state index contributed by atoms with van der Waals surface area (Å²) in [7, 11) is 0. The highest BCUT2D eigenvalue weighted by Crippen LogP contribution is 2.33. The standard InChI is InChI=1S/C15H15BrN2OS/c16-9-4-5-12(17)11(8-9)15(19)18-13-2-1-3-14-10(13)6-7-20-14/h4-8,13H,1-3,17H2,(H,18,19). The van der Waals surface area contributed by atoms with Gasteiger partial charge in [-0.2, -0.15) is 0 Å². The van der Waals surface area contributed by atoms with Gasteiger partial charge in [-0.1, -0.05) is 15.9 Å². The number of aryl methyl sites for hydroxylation is 1. The van der Waals surface area contributed by atoms with Crippen LogP contribution in [0, 0.1) is 0 Å². The van der Waals surface area contributed by atoms with E-state index in [2.05, 4.69) is 32.7 Å². The van der Waals surface area contributed by atoms with Crippen molar-refractivity contribution in [3.63, 3.8) is 0 Å². The predicted octanol–water partition coefficient (Wildman–Crippen LogP) is 3.90. The van der Waals surface area contributed by atoms with E-state index in [1.54, 1.807) is 23.5 Å². The zero-order chi connectivity index (χ0) is 14.1. The Labute approximate surface area is 130 Å². The molecule has 0 saturated heterocycles. The minimum Gasteiger partial charge on any atom is -0.398 e. The Hall–Kier alpha value is -1.33. The summed E-state index contributed by atoms with van der Waals surface area (Å²) in [6.45, 7) is 0. The van der Waals surface area contributed by atoms with Crippen LogP contribution in [0.3, 0.4) is 0 Å². The molecule has 5 heteroatoms. The van der Waals surface area contributed by atoms with Crippen LogP contribution in [-0.2, 0) is 6.42 Å². The van der Waals surface area contributed by atoms with Crippen molar-refractivity contribution in [2.75, 3.05) is 5.73 Å². The van der Waals surface area contributed by atoms with Gasteiger partial charge in [-0.3, -0.25) is 4.79 Å². The van der Waals surface area contributed by atoms with E-state index in [4.69, 9.17) is 5.73 Å². The highest BCUT2D eigenvalue weighted by atomic mass is 79.9. The smallest absolute Gasteiger partial charge is 0.253 e. The number of hydrogen-bond acceptors (Lipinski definition) is 3.